The molecule has 0 saturated carbocycles. The molecular weight excluding hydrogens is 421 g/mol. The van der Waals surface area contributed by atoms with E-state index in [1.807, 2.05) is 19.1 Å². The fourth-order valence-corrected chi connectivity index (χ4v) is 2.77. The first-order chi connectivity index (χ1) is 14.0. The van der Waals surface area contributed by atoms with E-state index in [0.717, 1.165) is 23.8 Å². The SMILES string of the molecule is Cc1ccc(NC(=O)COC(=O)[C@H](Nc2ccc(C(F)(F)F)cc2Cl)C(C)C)cc1. The highest BCUT2D eigenvalue weighted by Crippen LogP contribution is 2.34. The molecule has 0 aromatic heterocycles. The zero-order valence-electron chi connectivity index (χ0n) is 16.6. The highest BCUT2D eigenvalue weighted by atomic mass is 35.5. The molecule has 0 unspecified atom stereocenters. The molecule has 1 atom stereocenters. The van der Waals surface area contributed by atoms with Crippen molar-refractivity contribution in [2.24, 2.45) is 5.92 Å². The molecule has 162 valence electrons. The van der Waals surface area contributed by atoms with Crippen molar-refractivity contribution in [1.82, 2.24) is 0 Å². The molecule has 0 spiro atoms. The van der Waals surface area contributed by atoms with Crippen molar-refractivity contribution in [3.8, 4) is 0 Å². The van der Waals surface area contributed by atoms with Crippen LogP contribution in [0.4, 0.5) is 24.5 Å². The molecule has 1 amide bonds. The van der Waals surface area contributed by atoms with Gasteiger partial charge >= 0.3 is 12.1 Å². The minimum absolute atomic E-state index is 0.157. The third-order valence-corrected chi connectivity index (χ3v) is 4.52. The first-order valence-corrected chi connectivity index (χ1v) is 9.51. The van der Waals surface area contributed by atoms with Gasteiger partial charge in [0.1, 0.15) is 6.04 Å². The van der Waals surface area contributed by atoms with Gasteiger partial charge in [0.25, 0.3) is 5.91 Å². The smallest absolute Gasteiger partial charge is 0.416 e. The van der Waals surface area contributed by atoms with Crippen LogP contribution in [0.15, 0.2) is 42.5 Å². The van der Waals surface area contributed by atoms with E-state index in [9.17, 15) is 22.8 Å². The summed E-state index contributed by atoms with van der Waals surface area (Å²) < 4.78 is 43.4. The van der Waals surface area contributed by atoms with Gasteiger partial charge in [-0.2, -0.15) is 13.2 Å². The predicted octanol–water partition coefficient (Wildman–Crippen LogP) is 5.29. The summed E-state index contributed by atoms with van der Waals surface area (Å²) in [6, 6.07) is 8.99. The Morgan fingerprint density at radius 3 is 2.27 bits per heavy atom. The molecule has 0 radical (unpaired) electrons. The molecular formula is C21H22ClF3N2O3. The lowest BCUT2D eigenvalue weighted by Crippen LogP contribution is -2.37. The highest BCUT2D eigenvalue weighted by Gasteiger charge is 2.31. The van der Waals surface area contributed by atoms with Gasteiger partial charge in [-0.05, 0) is 43.2 Å². The van der Waals surface area contributed by atoms with Crippen LogP contribution in [0, 0.1) is 12.8 Å². The molecule has 0 heterocycles. The van der Waals surface area contributed by atoms with E-state index < -0.39 is 36.3 Å². The average molecular weight is 443 g/mol. The van der Waals surface area contributed by atoms with Gasteiger partial charge in [-0.25, -0.2) is 4.79 Å². The summed E-state index contributed by atoms with van der Waals surface area (Å²) in [5, 5.41) is 5.23. The van der Waals surface area contributed by atoms with E-state index in [1.54, 1.807) is 26.0 Å². The standard InChI is InChI=1S/C21H22ClF3N2O3/c1-12(2)19(27-17-9-6-14(10-16(17)22)21(23,24)25)20(29)30-11-18(28)26-15-7-4-13(3)5-8-15/h4-10,12,19,27H,11H2,1-3H3,(H,26,28)/t19-/m1/s1. The molecule has 2 N–H and O–H groups in total. The number of esters is 1. The van der Waals surface area contributed by atoms with Crippen molar-refractivity contribution in [3.63, 3.8) is 0 Å². The Hall–Kier alpha value is -2.74. The van der Waals surface area contributed by atoms with Gasteiger partial charge < -0.3 is 15.4 Å². The van der Waals surface area contributed by atoms with E-state index in [1.165, 1.54) is 0 Å². The molecule has 0 aliphatic carbocycles. The van der Waals surface area contributed by atoms with Gasteiger partial charge in [0.15, 0.2) is 6.61 Å². The van der Waals surface area contributed by atoms with Crippen molar-refractivity contribution < 1.29 is 27.5 Å². The summed E-state index contributed by atoms with van der Waals surface area (Å²) in [4.78, 5) is 24.4. The van der Waals surface area contributed by atoms with Crippen LogP contribution in [0.5, 0.6) is 0 Å². The summed E-state index contributed by atoms with van der Waals surface area (Å²) >= 11 is 5.94. The number of benzene rings is 2. The van der Waals surface area contributed by atoms with Crippen LogP contribution < -0.4 is 10.6 Å². The second-order valence-electron chi connectivity index (χ2n) is 7.08. The van der Waals surface area contributed by atoms with Crippen molar-refractivity contribution >= 4 is 34.9 Å². The number of carbonyl (C=O) groups excluding carboxylic acids is 2. The largest absolute Gasteiger partial charge is 0.454 e. The monoisotopic (exact) mass is 442 g/mol. The lowest BCUT2D eigenvalue weighted by atomic mass is 10.0. The van der Waals surface area contributed by atoms with Gasteiger partial charge in [0.2, 0.25) is 0 Å². The maximum atomic E-state index is 12.8. The second-order valence-corrected chi connectivity index (χ2v) is 7.49. The Morgan fingerprint density at radius 2 is 1.73 bits per heavy atom. The Bertz CT molecular complexity index is 899. The first-order valence-electron chi connectivity index (χ1n) is 9.14. The number of aryl methyl sites for hydroxylation is 1. The van der Waals surface area contributed by atoms with Crippen molar-refractivity contribution in [3.05, 3.63) is 58.6 Å². The van der Waals surface area contributed by atoms with Gasteiger partial charge in [0, 0.05) is 5.69 Å². The van der Waals surface area contributed by atoms with Crippen LogP contribution in [0.3, 0.4) is 0 Å². The number of carbonyl (C=O) groups is 2. The maximum absolute atomic E-state index is 12.8. The minimum Gasteiger partial charge on any atom is -0.454 e. The van der Waals surface area contributed by atoms with Crippen LogP contribution in [0.25, 0.3) is 0 Å². The van der Waals surface area contributed by atoms with Crippen molar-refractivity contribution in [1.29, 1.82) is 0 Å². The molecule has 0 aliphatic heterocycles. The second kappa shape index (κ2) is 9.84. The van der Waals surface area contributed by atoms with Gasteiger partial charge in [-0.3, -0.25) is 4.79 Å². The Labute approximate surface area is 177 Å². The number of hydrogen-bond donors (Lipinski definition) is 2. The number of rotatable bonds is 7. The Morgan fingerprint density at radius 1 is 1.10 bits per heavy atom. The molecule has 30 heavy (non-hydrogen) atoms. The highest BCUT2D eigenvalue weighted by molar-refractivity contribution is 6.33. The molecule has 5 nitrogen and oxygen atoms in total. The number of ether oxygens (including phenoxy) is 1. The number of anilines is 2. The molecule has 0 fully saturated rings. The van der Waals surface area contributed by atoms with Crippen LogP contribution in [-0.4, -0.2) is 24.5 Å². The first kappa shape index (κ1) is 23.5. The van der Waals surface area contributed by atoms with E-state index >= 15 is 0 Å². The summed E-state index contributed by atoms with van der Waals surface area (Å²) in [5.41, 5.74) is 0.864. The molecule has 9 heteroatoms. The third kappa shape index (κ3) is 6.66. The fraction of sp³-hybridized carbons (Fsp3) is 0.333. The van der Waals surface area contributed by atoms with Crippen molar-refractivity contribution in [2.75, 3.05) is 17.2 Å². The van der Waals surface area contributed by atoms with Gasteiger partial charge in [0.05, 0.1) is 16.3 Å². The topological polar surface area (TPSA) is 67.4 Å². The van der Waals surface area contributed by atoms with Crippen LogP contribution in [-0.2, 0) is 20.5 Å². The number of amides is 1. The molecule has 2 aromatic carbocycles. The molecule has 0 bridgehead atoms. The third-order valence-electron chi connectivity index (χ3n) is 4.21. The fourth-order valence-electron chi connectivity index (χ4n) is 2.53. The maximum Gasteiger partial charge on any atom is 0.416 e. The van der Waals surface area contributed by atoms with E-state index in [0.29, 0.717) is 5.69 Å². The molecule has 0 aliphatic rings. The zero-order valence-corrected chi connectivity index (χ0v) is 17.4. The summed E-state index contributed by atoms with van der Waals surface area (Å²) in [6.45, 7) is 4.86. The Balaban J connectivity index is 1.99. The molecule has 2 rings (SSSR count). The number of halogens is 4. The number of alkyl halides is 3. The van der Waals surface area contributed by atoms with Crippen LogP contribution in [0.1, 0.15) is 25.0 Å². The van der Waals surface area contributed by atoms with Crippen LogP contribution in [0.2, 0.25) is 5.02 Å². The van der Waals surface area contributed by atoms with E-state index in [2.05, 4.69) is 10.6 Å². The summed E-state index contributed by atoms with van der Waals surface area (Å²) in [7, 11) is 0. The van der Waals surface area contributed by atoms with E-state index in [-0.39, 0.29) is 16.6 Å². The van der Waals surface area contributed by atoms with Crippen LogP contribution >= 0.6 is 11.6 Å². The normalized spacial score (nSPS) is 12.4. The minimum atomic E-state index is -4.52. The van der Waals surface area contributed by atoms with E-state index in [4.69, 9.17) is 16.3 Å². The molecule has 0 saturated heterocycles. The molecule has 2 aromatic rings. The summed E-state index contributed by atoms with van der Waals surface area (Å²) in [5.74, 6) is -1.52. The Kier molecular flexibility index (Phi) is 7.72. The predicted molar refractivity (Wildman–Crippen MR) is 109 cm³/mol. The average Bonchev–Trinajstić information content (AvgIpc) is 2.66. The lowest BCUT2D eigenvalue weighted by Gasteiger charge is -2.23. The van der Waals surface area contributed by atoms with Gasteiger partial charge in [-0.1, -0.05) is 43.1 Å². The quantitative estimate of drug-likeness (QED) is 0.572. The number of nitrogens with one attached hydrogen (secondary N) is 2. The zero-order chi connectivity index (χ0) is 22.5. The summed E-state index contributed by atoms with van der Waals surface area (Å²) in [6.07, 6.45) is -4.52. The van der Waals surface area contributed by atoms with Gasteiger partial charge in [-0.15, -0.1) is 0 Å². The lowest BCUT2D eigenvalue weighted by molar-refractivity contribution is -0.149. The number of hydrogen-bond acceptors (Lipinski definition) is 4. The van der Waals surface area contributed by atoms with Crippen molar-refractivity contribution in [2.45, 2.75) is 33.0 Å².